The molecule has 0 radical (unpaired) electrons. The average molecular weight is 495 g/mol. The lowest BCUT2D eigenvalue weighted by molar-refractivity contribution is -0.121. The monoisotopic (exact) mass is 494 g/mol. The molecule has 0 spiro atoms. The average Bonchev–Trinajstić information content (AvgIpc) is 2.90. The fourth-order valence-electron chi connectivity index (χ4n) is 4.69. The summed E-state index contributed by atoms with van der Waals surface area (Å²) in [5.41, 5.74) is 1.64. The second-order valence-corrected chi connectivity index (χ2v) is 9.16. The summed E-state index contributed by atoms with van der Waals surface area (Å²) in [4.78, 5) is 28.8. The first kappa shape index (κ1) is 25.7. The molecule has 36 heavy (non-hydrogen) atoms. The van der Waals surface area contributed by atoms with Crippen LogP contribution in [-0.2, 0) is 11.3 Å². The number of phenols is 1. The Morgan fingerprint density at radius 2 is 1.94 bits per heavy atom. The number of para-hydroxylation sites is 1. The lowest BCUT2D eigenvalue weighted by Gasteiger charge is -2.32. The topological polar surface area (TPSA) is 127 Å². The first-order valence-corrected chi connectivity index (χ1v) is 12.3. The van der Waals surface area contributed by atoms with Crippen LogP contribution in [0, 0.1) is 0 Å². The third-order valence-electron chi connectivity index (χ3n) is 6.78. The molecule has 0 unspecified atom stereocenters. The summed E-state index contributed by atoms with van der Waals surface area (Å²) in [5.74, 6) is 0.769. The largest absolute Gasteiger partial charge is 0.506 e. The SMILES string of the molecule is COc1ccccc1CNC(=O)CCN1CCC(NC[C@H](O)c2ccc(O)c3[nH]c(=O)ccc23)CC1. The van der Waals surface area contributed by atoms with E-state index in [0.29, 0.717) is 42.5 Å². The van der Waals surface area contributed by atoms with Crippen LogP contribution in [0.15, 0.2) is 53.3 Å². The number of likely N-dealkylation sites (tertiary alicyclic amines) is 1. The number of H-pyrrole nitrogens is 1. The van der Waals surface area contributed by atoms with E-state index in [-0.39, 0.29) is 23.3 Å². The van der Waals surface area contributed by atoms with Gasteiger partial charge in [0.05, 0.1) is 18.7 Å². The lowest BCUT2D eigenvalue weighted by Crippen LogP contribution is -2.44. The summed E-state index contributed by atoms with van der Waals surface area (Å²) in [6.07, 6.45) is 1.53. The molecule has 3 aromatic rings. The van der Waals surface area contributed by atoms with Crippen molar-refractivity contribution in [2.75, 3.05) is 33.3 Å². The van der Waals surface area contributed by atoms with Gasteiger partial charge in [-0.15, -0.1) is 0 Å². The maximum atomic E-state index is 12.3. The molecule has 192 valence electrons. The molecule has 1 aliphatic rings. The number of nitrogens with zero attached hydrogens (tertiary/aromatic N) is 1. The Morgan fingerprint density at radius 3 is 2.72 bits per heavy atom. The zero-order valence-electron chi connectivity index (χ0n) is 20.5. The van der Waals surface area contributed by atoms with Crippen molar-refractivity contribution in [3.8, 4) is 11.5 Å². The molecule has 1 fully saturated rings. The second kappa shape index (κ2) is 12.0. The standard InChI is InChI=1S/C27H34N4O5/c1-36-24-5-3-2-4-18(24)16-29-25(34)12-15-31-13-10-19(11-14-31)28-17-23(33)20-6-8-22(32)27-21(20)7-9-26(35)30-27/h2-9,19,23,28,32-33H,10-17H2,1H3,(H,29,34)(H,30,35)/t23-/m0/s1. The number of rotatable bonds is 10. The predicted molar refractivity (Wildman–Crippen MR) is 138 cm³/mol. The minimum Gasteiger partial charge on any atom is -0.506 e. The van der Waals surface area contributed by atoms with Gasteiger partial charge in [0, 0.05) is 49.1 Å². The van der Waals surface area contributed by atoms with Gasteiger partial charge in [0.15, 0.2) is 0 Å². The number of nitrogens with one attached hydrogen (secondary N) is 3. The number of carbonyl (C=O) groups is 1. The minimum atomic E-state index is -0.774. The maximum absolute atomic E-state index is 12.3. The molecule has 9 heteroatoms. The van der Waals surface area contributed by atoms with Crippen molar-refractivity contribution in [2.45, 2.75) is 38.0 Å². The molecule has 1 aromatic heterocycles. The smallest absolute Gasteiger partial charge is 0.248 e. The Hall–Kier alpha value is -3.40. The van der Waals surface area contributed by atoms with Gasteiger partial charge in [-0.05, 0) is 49.7 Å². The van der Waals surface area contributed by atoms with Gasteiger partial charge in [-0.25, -0.2) is 0 Å². The van der Waals surface area contributed by atoms with Crippen LogP contribution in [0.4, 0.5) is 0 Å². The zero-order valence-corrected chi connectivity index (χ0v) is 20.5. The zero-order chi connectivity index (χ0) is 25.5. The van der Waals surface area contributed by atoms with Crippen LogP contribution in [0.1, 0.15) is 36.5 Å². The summed E-state index contributed by atoms with van der Waals surface area (Å²) in [6, 6.07) is 14.1. The van der Waals surface area contributed by atoms with Crippen LogP contribution in [-0.4, -0.2) is 65.3 Å². The van der Waals surface area contributed by atoms with Crippen molar-refractivity contribution < 1.29 is 19.7 Å². The molecule has 0 saturated carbocycles. The number of piperidine rings is 1. The predicted octanol–water partition coefficient (Wildman–Crippen LogP) is 2.04. The highest BCUT2D eigenvalue weighted by Gasteiger charge is 2.21. The van der Waals surface area contributed by atoms with Gasteiger partial charge in [-0.3, -0.25) is 9.59 Å². The van der Waals surface area contributed by atoms with Crippen molar-refractivity contribution in [1.29, 1.82) is 0 Å². The maximum Gasteiger partial charge on any atom is 0.248 e. The van der Waals surface area contributed by atoms with E-state index in [1.54, 1.807) is 19.2 Å². The fraction of sp³-hybridized carbons (Fsp3) is 0.407. The lowest BCUT2D eigenvalue weighted by atomic mass is 10.0. The molecule has 9 nitrogen and oxygen atoms in total. The van der Waals surface area contributed by atoms with Crippen molar-refractivity contribution in [3.05, 3.63) is 70.0 Å². The third-order valence-corrected chi connectivity index (χ3v) is 6.78. The van der Waals surface area contributed by atoms with Gasteiger partial charge in [-0.2, -0.15) is 0 Å². The number of hydrogen-bond donors (Lipinski definition) is 5. The highest BCUT2D eigenvalue weighted by atomic mass is 16.5. The van der Waals surface area contributed by atoms with Crippen molar-refractivity contribution in [3.63, 3.8) is 0 Å². The third kappa shape index (κ3) is 6.42. The van der Waals surface area contributed by atoms with E-state index in [0.717, 1.165) is 37.2 Å². The summed E-state index contributed by atoms with van der Waals surface area (Å²) >= 11 is 0. The Morgan fingerprint density at radius 1 is 1.17 bits per heavy atom. The Balaban J connectivity index is 1.19. The Labute approximate surface area is 210 Å². The van der Waals surface area contributed by atoms with Crippen LogP contribution in [0.2, 0.25) is 0 Å². The summed E-state index contributed by atoms with van der Waals surface area (Å²) in [5, 5.41) is 27.9. The van der Waals surface area contributed by atoms with E-state index >= 15 is 0 Å². The van der Waals surface area contributed by atoms with E-state index in [9.17, 15) is 19.8 Å². The molecule has 1 atom stereocenters. The molecule has 0 bridgehead atoms. The van der Waals surface area contributed by atoms with Gasteiger partial charge in [-0.1, -0.05) is 24.3 Å². The summed E-state index contributed by atoms with van der Waals surface area (Å²) in [7, 11) is 1.62. The van der Waals surface area contributed by atoms with Gasteiger partial charge >= 0.3 is 0 Å². The number of fused-ring (bicyclic) bond motifs is 1. The number of benzene rings is 2. The highest BCUT2D eigenvalue weighted by molar-refractivity contribution is 5.87. The van der Waals surface area contributed by atoms with Crippen LogP contribution >= 0.6 is 0 Å². The molecular formula is C27H34N4O5. The molecule has 4 rings (SSSR count). The van der Waals surface area contributed by atoms with Crippen LogP contribution in [0.5, 0.6) is 11.5 Å². The quantitative estimate of drug-likeness (QED) is 0.292. The van der Waals surface area contributed by atoms with Crippen molar-refractivity contribution in [2.24, 2.45) is 0 Å². The normalized spacial score (nSPS) is 15.6. The molecule has 2 heterocycles. The van der Waals surface area contributed by atoms with Crippen LogP contribution < -0.4 is 20.9 Å². The number of amides is 1. The molecule has 0 aliphatic carbocycles. The molecular weight excluding hydrogens is 460 g/mol. The molecule has 1 aliphatic heterocycles. The summed E-state index contributed by atoms with van der Waals surface area (Å²) in [6.45, 7) is 3.30. The van der Waals surface area contributed by atoms with Gasteiger partial charge in [0.2, 0.25) is 11.5 Å². The number of carbonyl (C=O) groups excluding carboxylic acids is 1. The number of aliphatic hydroxyl groups is 1. The van der Waals surface area contributed by atoms with E-state index in [1.807, 2.05) is 24.3 Å². The van der Waals surface area contributed by atoms with E-state index in [2.05, 4.69) is 20.5 Å². The molecule has 1 saturated heterocycles. The van der Waals surface area contributed by atoms with Gasteiger partial charge < -0.3 is 35.5 Å². The molecule has 1 amide bonds. The number of phenolic OH excluding ortho intramolecular Hbond substituents is 1. The number of aromatic hydroxyl groups is 1. The van der Waals surface area contributed by atoms with E-state index in [1.165, 1.54) is 12.1 Å². The number of methoxy groups -OCH3 is 1. The number of hydrogen-bond acceptors (Lipinski definition) is 7. The van der Waals surface area contributed by atoms with Crippen LogP contribution in [0.25, 0.3) is 10.9 Å². The first-order chi connectivity index (χ1) is 17.4. The van der Waals surface area contributed by atoms with Gasteiger partial charge in [0.25, 0.3) is 0 Å². The van der Waals surface area contributed by atoms with Gasteiger partial charge in [0.1, 0.15) is 11.5 Å². The number of aliphatic hydroxyl groups excluding tert-OH is 1. The molecule has 2 aromatic carbocycles. The highest BCUT2D eigenvalue weighted by Crippen LogP contribution is 2.28. The second-order valence-electron chi connectivity index (χ2n) is 9.16. The Kier molecular flexibility index (Phi) is 8.58. The summed E-state index contributed by atoms with van der Waals surface area (Å²) < 4.78 is 5.33. The Bertz CT molecular complexity index is 1240. The number of ether oxygens (including phenoxy) is 1. The number of aromatic nitrogens is 1. The van der Waals surface area contributed by atoms with Crippen molar-refractivity contribution in [1.82, 2.24) is 20.5 Å². The fourth-order valence-corrected chi connectivity index (χ4v) is 4.69. The minimum absolute atomic E-state index is 0.0201. The number of pyridine rings is 1. The number of aromatic amines is 1. The van der Waals surface area contributed by atoms with Crippen LogP contribution in [0.3, 0.4) is 0 Å². The van der Waals surface area contributed by atoms with Crippen molar-refractivity contribution >= 4 is 16.8 Å². The van der Waals surface area contributed by atoms with E-state index in [4.69, 9.17) is 4.74 Å². The van der Waals surface area contributed by atoms with E-state index < -0.39 is 6.10 Å². The first-order valence-electron chi connectivity index (χ1n) is 12.3. The molecule has 5 N–H and O–H groups in total.